The molecule has 21 heteroatoms. The van der Waals surface area contributed by atoms with E-state index in [1.165, 1.54) is 0 Å². The van der Waals surface area contributed by atoms with Crippen molar-refractivity contribution in [2.75, 3.05) is 249 Å². The Morgan fingerprint density at radius 2 is 0.508 bits per heavy atom. The Labute approximate surface area is 376 Å². The van der Waals surface area contributed by atoms with Crippen LogP contribution in [-0.2, 0) is 75.8 Å². The third-order valence-corrected chi connectivity index (χ3v) is 8.28. The summed E-state index contributed by atoms with van der Waals surface area (Å²) >= 11 is 0. The van der Waals surface area contributed by atoms with E-state index < -0.39 is 0 Å². The number of hydrogen-bond acceptors (Lipinski definition) is 21. The number of allylic oxidation sites excluding steroid dienone is 1. The van der Waals surface area contributed by atoms with Gasteiger partial charge in [0, 0.05) is 54.6 Å². The number of ether oxygens (including phenoxy) is 16. The van der Waals surface area contributed by atoms with Crippen LogP contribution in [0.2, 0.25) is 0 Å². The number of anilines is 2. The van der Waals surface area contributed by atoms with Gasteiger partial charge in [0.1, 0.15) is 0 Å². The Hall–Kier alpha value is -2.29. The molecule has 0 N–H and O–H groups in total. The monoisotopic (exact) mass is 912 g/mol. The zero-order chi connectivity index (χ0) is 45.5. The van der Waals surface area contributed by atoms with Crippen LogP contribution in [0.3, 0.4) is 0 Å². The van der Waals surface area contributed by atoms with Crippen molar-refractivity contribution in [3.05, 3.63) is 12.4 Å². The molecule has 0 aliphatic heterocycles. The third kappa shape index (κ3) is 36.6. The highest BCUT2D eigenvalue weighted by Gasteiger charge is 2.19. The lowest BCUT2D eigenvalue weighted by Gasteiger charge is -2.27. The molecule has 0 aromatic carbocycles. The van der Waals surface area contributed by atoms with Crippen molar-refractivity contribution in [2.24, 2.45) is 0 Å². The minimum atomic E-state index is 0.400. The summed E-state index contributed by atoms with van der Waals surface area (Å²) in [6.45, 7) is 21.2. The molecular formula is C42H81N5O16. The number of nitrogens with zero attached hydrogens (tertiary/aromatic N) is 5. The molecule has 21 nitrogen and oxygen atoms in total. The van der Waals surface area contributed by atoms with Crippen LogP contribution < -0.4 is 9.80 Å². The largest absolute Gasteiger partial charge is 0.382 e. The highest BCUT2D eigenvalue weighted by Crippen LogP contribution is 2.18. The Morgan fingerprint density at radius 3 is 0.698 bits per heavy atom. The molecule has 1 aromatic heterocycles. The van der Waals surface area contributed by atoms with Gasteiger partial charge in [-0.15, -0.1) is 0 Å². The van der Waals surface area contributed by atoms with Crippen molar-refractivity contribution < 1.29 is 75.8 Å². The summed E-state index contributed by atoms with van der Waals surface area (Å²) in [6, 6.07) is 0. The van der Waals surface area contributed by atoms with Gasteiger partial charge in [0.05, 0.1) is 185 Å². The van der Waals surface area contributed by atoms with Crippen molar-refractivity contribution in [3.63, 3.8) is 0 Å². The Balaban J connectivity index is 2.96. The summed E-state index contributed by atoms with van der Waals surface area (Å²) in [5, 5.41) is 0. The van der Waals surface area contributed by atoms with E-state index in [1.807, 2.05) is 16.7 Å². The fraction of sp³-hybridized carbons (Fsp3) is 0.881. The van der Waals surface area contributed by atoms with Gasteiger partial charge in [0.25, 0.3) is 0 Å². The number of hydrogen-bond donors (Lipinski definition) is 0. The predicted octanol–water partition coefficient (Wildman–Crippen LogP) is 1.30. The average molecular weight is 912 g/mol. The molecular weight excluding hydrogens is 830 g/mol. The minimum absolute atomic E-state index is 0.400. The van der Waals surface area contributed by atoms with E-state index in [1.54, 1.807) is 28.4 Å². The molecule has 0 amide bonds. The van der Waals surface area contributed by atoms with Crippen LogP contribution >= 0.6 is 0 Å². The maximum atomic E-state index is 5.95. The van der Waals surface area contributed by atoms with Crippen LogP contribution in [0.15, 0.2) is 6.58 Å². The molecule has 0 aliphatic rings. The van der Waals surface area contributed by atoms with Gasteiger partial charge in [-0.25, -0.2) is 0 Å². The maximum Gasteiger partial charge on any atom is 0.230 e. The quantitative estimate of drug-likeness (QED) is 0.0849. The van der Waals surface area contributed by atoms with Gasteiger partial charge < -0.3 is 85.6 Å². The van der Waals surface area contributed by atoms with E-state index in [9.17, 15) is 0 Å². The van der Waals surface area contributed by atoms with Gasteiger partial charge in [-0.2, -0.15) is 15.0 Å². The van der Waals surface area contributed by atoms with Crippen molar-refractivity contribution in [1.29, 1.82) is 0 Å². The van der Waals surface area contributed by atoms with Crippen LogP contribution in [0.5, 0.6) is 0 Å². The summed E-state index contributed by atoms with van der Waals surface area (Å²) in [4.78, 5) is 18.7. The first kappa shape index (κ1) is 58.7. The SMILES string of the molecule is C=C(C)c1nc(N(CCOCCOCCOCCOC)CCOCCOCCOCCOC)nc(N(CCOCCOCCOCCOC)CCOCCOCCOCCOC)n1. The molecule has 0 unspecified atom stereocenters. The summed E-state index contributed by atoms with van der Waals surface area (Å²) < 4.78 is 88.2. The zero-order valence-electron chi connectivity index (χ0n) is 39.1. The van der Waals surface area contributed by atoms with Gasteiger partial charge in [-0.05, 0) is 12.5 Å². The van der Waals surface area contributed by atoms with E-state index in [4.69, 9.17) is 90.7 Å². The zero-order valence-corrected chi connectivity index (χ0v) is 39.1. The van der Waals surface area contributed by atoms with Gasteiger partial charge >= 0.3 is 0 Å². The van der Waals surface area contributed by atoms with Crippen molar-refractivity contribution >= 4 is 17.5 Å². The van der Waals surface area contributed by atoms with Gasteiger partial charge in [-0.3, -0.25) is 0 Å². The fourth-order valence-electron chi connectivity index (χ4n) is 4.89. The maximum absolute atomic E-state index is 5.95. The molecule has 0 saturated carbocycles. The standard InChI is InChI=1S/C42H81N5O16/c1-39(2)40-43-41(46(7-11-52-23-27-60-35-31-56-19-15-48-3)8-12-53-24-28-61-36-32-57-20-16-49-4)45-42(44-40)47(9-13-54-25-29-62-37-33-58-21-17-50-5)10-14-55-26-30-63-38-34-59-22-18-51-6/h1,7-38H2,2-6H3. The molecule has 0 radical (unpaired) electrons. The number of methoxy groups -OCH3 is 4. The van der Waals surface area contributed by atoms with Crippen molar-refractivity contribution in [3.8, 4) is 0 Å². The molecule has 0 aliphatic carbocycles. The summed E-state index contributed by atoms with van der Waals surface area (Å²) in [5.74, 6) is 1.40. The molecule has 0 saturated heterocycles. The molecule has 370 valence electrons. The number of rotatable bonds is 51. The Morgan fingerprint density at radius 1 is 0.317 bits per heavy atom. The topological polar surface area (TPSA) is 193 Å². The summed E-state index contributed by atoms with van der Waals surface area (Å²) in [7, 11) is 6.56. The highest BCUT2D eigenvalue weighted by atomic mass is 16.6. The van der Waals surface area contributed by atoms with E-state index in [0.29, 0.717) is 234 Å². The second-order valence-electron chi connectivity index (χ2n) is 13.3. The van der Waals surface area contributed by atoms with Crippen LogP contribution in [0.4, 0.5) is 11.9 Å². The van der Waals surface area contributed by atoms with Crippen LogP contribution in [0.25, 0.3) is 5.57 Å². The van der Waals surface area contributed by atoms with Gasteiger partial charge in [0.2, 0.25) is 11.9 Å². The molecule has 0 fully saturated rings. The Kier molecular flexibility index (Phi) is 43.1. The van der Waals surface area contributed by atoms with Crippen LogP contribution in [0, 0.1) is 0 Å². The van der Waals surface area contributed by atoms with Crippen molar-refractivity contribution in [1.82, 2.24) is 15.0 Å². The average Bonchev–Trinajstić information content (AvgIpc) is 3.29. The van der Waals surface area contributed by atoms with E-state index >= 15 is 0 Å². The van der Waals surface area contributed by atoms with E-state index in [-0.39, 0.29) is 0 Å². The Bertz CT molecular complexity index is 1010. The fourth-order valence-corrected chi connectivity index (χ4v) is 4.89. The van der Waals surface area contributed by atoms with E-state index in [2.05, 4.69) is 6.58 Å². The number of aromatic nitrogens is 3. The highest BCUT2D eigenvalue weighted by molar-refractivity contribution is 5.57. The van der Waals surface area contributed by atoms with Gasteiger partial charge in [-0.1, -0.05) is 6.58 Å². The summed E-state index contributed by atoms with van der Waals surface area (Å²) in [6.07, 6.45) is 0. The third-order valence-electron chi connectivity index (χ3n) is 8.28. The smallest absolute Gasteiger partial charge is 0.230 e. The molecule has 63 heavy (non-hydrogen) atoms. The summed E-state index contributed by atoms with van der Waals surface area (Å²) in [5.41, 5.74) is 0.693. The minimum Gasteiger partial charge on any atom is -0.382 e. The molecule has 0 bridgehead atoms. The lowest BCUT2D eigenvalue weighted by Crippen LogP contribution is -2.36. The molecule has 0 spiro atoms. The van der Waals surface area contributed by atoms with Crippen LogP contribution in [-0.4, -0.2) is 255 Å². The van der Waals surface area contributed by atoms with Crippen molar-refractivity contribution in [2.45, 2.75) is 6.92 Å². The first-order valence-electron chi connectivity index (χ1n) is 21.9. The first-order chi connectivity index (χ1) is 31.1. The molecule has 1 rings (SSSR count). The molecule has 1 heterocycles. The lowest BCUT2D eigenvalue weighted by molar-refractivity contribution is 0.00292. The lowest BCUT2D eigenvalue weighted by atomic mass is 10.3. The first-order valence-corrected chi connectivity index (χ1v) is 21.9. The van der Waals surface area contributed by atoms with Gasteiger partial charge in [0.15, 0.2) is 5.82 Å². The van der Waals surface area contributed by atoms with E-state index in [0.717, 1.165) is 0 Å². The van der Waals surface area contributed by atoms with Crippen LogP contribution in [0.1, 0.15) is 12.7 Å². The normalized spacial score (nSPS) is 11.5. The second-order valence-corrected chi connectivity index (χ2v) is 13.3. The predicted molar refractivity (Wildman–Crippen MR) is 236 cm³/mol. The second kappa shape index (κ2) is 46.2. The molecule has 1 aromatic rings. The molecule has 0 atom stereocenters.